The van der Waals surface area contributed by atoms with Gasteiger partial charge in [0.15, 0.2) is 0 Å². The summed E-state index contributed by atoms with van der Waals surface area (Å²) in [6.45, 7) is 13.1. The van der Waals surface area contributed by atoms with Crippen molar-refractivity contribution >= 4 is 8.72 Å². The van der Waals surface area contributed by atoms with Gasteiger partial charge in [-0.3, -0.25) is 4.98 Å². The van der Waals surface area contributed by atoms with Crippen LogP contribution in [-0.2, 0) is 8.85 Å². The van der Waals surface area contributed by atoms with Gasteiger partial charge >= 0.3 is 8.72 Å². The number of hydrogen-bond donors (Lipinski definition) is 1. The highest BCUT2D eigenvalue weighted by Gasteiger charge is 2.47. The summed E-state index contributed by atoms with van der Waals surface area (Å²) in [6, 6.07) is 0. The Kier molecular flexibility index (Phi) is 4.83. The summed E-state index contributed by atoms with van der Waals surface area (Å²) >= 11 is 0. The third-order valence-electron chi connectivity index (χ3n) is 3.30. The number of allylic oxidation sites excluding steroid dienone is 4. The molecule has 0 heterocycles. The van der Waals surface area contributed by atoms with Gasteiger partial charge in [0.2, 0.25) is 0 Å². The summed E-state index contributed by atoms with van der Waals surface area (Å²) in [4.78, 5) is 3.58. The summed E-state index contributed by atoms with van der Waals surface area (Å²) in [7, 11) is 1.00. The molecular weight excluding hydrogens is 254 g/mol. The van der Waals surface area contributed by atoms with E-state index in [4.69, 9.17) is 8.85 Å². The smallest absolute Gasteiger partial charge is 0.386 e. The van der Waals surface area contributed by atoms with E-state index in [0.29, 0.717) is 0 Å². The lowest BCUT2D eigenvalue weighted by molar-refractivity contribution is 0.209. The minimum Gasteiger partial charge on any atom is -0.386 e. The van der Waals surface area contributed by atoms with Crippen molar-refractivity contribution in [3.05, 3.63) is 23.8 Å². The molecule has 0 amide bonds. The molecule has 0 aliphatic heterocycles. The molecule has 1 atom stereocenters. The maximum atomic E-state index is 5.82. The minimum atomic E-state index is -2.48. The van der Waals surface area contributed by atoms with Crippen molar-refractivity contribution in [1.82, 2.24) is 4.98 Å². The summed E-state index contributed by atoms with van der Waals surface area (Å²) in [5.74, 6) is 0. The average molecular weight is 283 g/mol. The average Bonchev–Trinajstić information content (AvgIpc) is 2.73. The first kappa shape index (κ1) is 16.6. The largest absolute Gasteiger partial charge is 0.436 e. The maximum Gasteiger partial charge on any atom is 0.436 e. The van der Waals surface area contributed by atoms with Crippen molar-refractivity contribution in [2.75, 3.05) is 14.2 Å². The van der Waals surface area contributed by atoms with Crippen LogP contribution in [0.25, 0.3) is 0 Å². The highest BCUT2D eigenvalue weighted by Crippen LogP contribution is 2.38. The topological polar surface area (TPSA) is 30.5 Å². The lowest BCUT2D eigenvalue weighted by atomic mass is 9.87. The fraction of sp³-hybridized carbons (Fsp3) is 0.733. The Balaban J connectivity index is 3.04. The zero-order chi connectivity index (χ0) is 14.9. The molecule has 0 radical (unpaired) electrons. The third-order valence-corrected chi connectivity index (χ3v) is 6.85. The molecule has 0 bridgehead atoms. The Bertz CT molecular complexity index is 371. The molecule has 0 aromatic rings. The van der Waals surface area contributed by atoms with Gasteiger partial charge < -0.3 is 8.85 Å². The molecule has 0 aromatic carbocycles. The molecule has 110 valence electrons. The van der Waals surface area contributed by atoms with Crippen LogP contribution in [0.3, 0.4) is 0 Å². The first-order valence-corrected chi connectivity index (χ1v) is 8.73. The quantitative estimate of drug-likeness (QED) is 0.801. The molecule has 0 spiro atoms. The monoisotopic (exact) mass is 283 g/mol. The lowest BCUT2D eigenvalue weighted by Gasteiger charge is -2.37. The van der Waals surface area contributed by atoms with Crippen LogP contribution >= 0.6 is 0 Å². The third kappa shape index (κ3) is 4.02. The molecule has 4 heteroatoms. The predicted molar refractivity (Wildman–Crippen MR) is 83.1 cm³/mol. The van der Waals surface area contributed by atoms with Gasteiger partial charge in [0.05, 0.1) is 5.54 Å². The molecule has 1 rings (SSSR count). The highest BCUT2D eigenvalue weighted by atomic mass is 28.4. The molecule has 0 saturated heterocycles. The standard InChI is InChI=1S/C15H29NO2Si/c1-14(2,3)12-9-10-13(11-12)19(17-7,18-8)16-15(4,5)6/h9-11,13,16H,1-8H3. The van der Waals surface area contributed by atoms with E-state index in [1.54, 1.807) is 14.2 Å². The second-order valence-corrected chi connectivity index (χ2v) is 10.3. The van der Waals surface area contributed by atoms with Gasteiger partial charge in [-0.1, -0.05) is 39.0 Å². The van der Waals surface area contributed by atoms with E-state index in [0.717, 1.165) is 0 Å². The summed E-state index contributed by atoms with van der Waals surface area (Å²) < 4.78 is 11.6. The van der Waals surface area contributed by atoms with Crippen molar-refractivity contribution in [1.29, 1.82) is 0 Å². The minimum absolute atomic E-state index is 0.0373. The lowest BCUT2D eigenvalue weighted by Crippen LogP contribution is -2.63. The van der Waals surface area contributed by atoms with Crippen LogP contribution in [0, 0.1) is 5.41 Å². The normalized spacial score (nSPS) is 20.8. The molecule has 19 heavy (non-hydrogen) atoms. The van der Waals surface area contributed by atoms with E-state index in [9.17, 15) is 0 Å². The van der Waals surface area contributed by atoms with Gasteiger partial charge in [-0.25, -0.2) is 0 Å². The number of hydrogen-bond acceptors (Lipinski definition) is 3. The SMILES string of the molecule is CO[Si](NC(C)(C)C)(OC)C1C=CC(C(C)(C)C)=C1. The van der Waals surface area contributed by atoms with Crippen LogP contribution in [0.2, 0.25) is 5.54 Å². The van der Waals surface area contributed by atoms with Gasteiger partial charge in [0, 0.05) is 19.8 Å². The maximum absolute atomic E-state index is 5.82. The van der Waals surface area contributed by atoms with Crippen LogP contribution in [0.5, 0.6) is 0 Å². The fourth-order valence-electron chi connectivity index (χ4n) is 2.31. The summed E-state index contributed by atoms with van der Waals surface area (Å²) in [6.07, 6.45) is 6.70. The van der Waals surface area contributed by atoms with Gasteiger partial charge in [-0.2, -0.15) is 0 Å². The zero-order valence-electron chi connectivity index (χ0n) is 13.6. The van der Waals surface area contributed by atoms with Gasteiger partial charge in [-0.05, 0) is 31.8 Å². The zero-order valence-corrected chi connectivity index (χ0v) is 14.6. The van der Waals surface area contributed by atoms with Crippen molar-refractivity contribution in [2.45, 2.75) is 52.6 Å². The van der Waals surface area contributed by atoms with Crippen LogP contribution < -0.4 is 4.98 Å². The Morgan fingerprint density at radius 1 is 1.05 bits per heavy atom. The van der Waals surface area contributed by atoms with Crippen LogP contribution in [0.4, 0.5) is 0 Å². The molecule has 0 aromatic heterocycles. The number of rotatable bonds is 4. The first-order valence-electron chi connectivity index (χ1n) is 6.84. The van der Waals surface area contributed by atoms with Crippen LogP contribution in [0.15, 0.2) is 23.8 Å². The second kappa shape index (κ2) is 5.52. The molecule has 1 unspecified atom stereocenters. The van der Waals surface area contributed by atoms with Crippen molar-refractivity contribution in [2.24, 2.45) is 5.41 Å². The van der Waals surface area contributed by atoms with Crippen LogP contribution in [-0.4, -0.2) is 28.5 Å². The van der Waals surface area contributed by atoms with Crippen LogP contribution in [0.1, 0.15) is 41.5 Å². The second-order valence-electron chi connectivity index (χ2n) is 7.21. The van der Waals surface area contributed by atoms with Crippen molar-refractivity contribution in [3.8, 4) is 0 Å². The van der Waals surface area contributed by atoms with E-state index < -0.39 is 8.72 Å². The Morgan fingerprint density at radius 2 is 1.58 bits per heavy atom. The molecule has 0 saturated carbocycles. The first-order chi connectivity index (χ1) is 8.54. The number of nitrogens with one attached hydrogen (secondary N) is 1. The van der Waals surface area contributed by atoms with E-state index in [1.165, 1.54) is 5.57 Å². The Labute approximate surface area is 119 Å². The van der Waals surface area contributed by atoms with Gasteiger partial charge in [-0.15, -0.1) is 0 Å². The van der Waals surface area contributed by atoms with Crippen molar-refractivity contribution < 1.29 is 8.85 Å². The molecule has 0 fully saturated rings. The predicted octanol–water partition coefficient (Wildman–Crippen LogP) is 3.52. The van der Waals surface area contributed by atoms with Gasteiger partial charge in [0.25, 0.3) is 0 Å². The Hall–Kier alpha value is -0.423. The van der Waals surface area contributed by atoms with E-state index >= 15 is 0 Å². The van der Waals surface area contributed by atoms with E-state index in [1.807, 2.05) is 0 Å². The fourth-order valence-corrected chi connectivity index (χ4v) is 5.19. The Morgan fingerprint density at radius 3 is 1.89 bits per heavy atom. The van der Waals surface area contributed by atoms with E-state index in [-0.39, 0.29) is 16.5 Å². The van der Waals surface area contributed by atoms with Crippen molar-refractivity contribution in [3.63, 3.8) is 0 Å². The highest BCUT2D eigenvalue weighted by molar-refractivity contribution is 6.67. The van der Waals surface area contributed by atoms with Gasteiger partial charge in [0.1, 0.15) is 0 Å². The molecular formula is C15H29NO2Si. The summed E-state index contributed by atoms with van der Waals surface area (Å²) in [5.41, 5.74) is 1.68. The molecule has 1 aliphatic rings. The molecule has 1 aliphatic carbocycles. The molecule has 1 N–H and O–H groups in total. The van der Waals surface area contributed by atoms with E-state index in [2.05, 4.69) is 64.8 Å². The summed E-state index contributed by atoms with van der Waals surface area (Å²) in [5, 5.41) is 0. The molecule has 3 nitrogen and oxygen atoms in total.